The average Bonchev–Trinajstić information content (AvgIpc) is 2.82. The van der Waals surface area contributed by atoms with E-state index in [1.165, 1.54) is 35.3 Å². The van der Waals surface area contributed by atoms with E-state index < -0.39 is 15.8 Å². The Morgan fingerprint density at radius 2 is 2.15 bits per heavy atom. The summed E-state index contributed by atoms with van der Waals surface area (Å²) in [5.41, 5.74) is -0.0618. The molecule has 1 aromatic heterocycles. The van der Waals surface area contributed by atoms with Crippen LogP contribution in [0.15, 0.2) is 41.6 Å². The van der Waals surface area contributed by atoms with Crippen molar-refractivity contribution in [3.05, 3.63) is 47.2 Å². The van der Waals surface area contributed by atoms with Crippen molar-refractivity contribution in [3.8, 4) is 0 Å². The molecular weight excluding hydrogens is 304 g/mol. The summed E-state index contributed by atoms with van der Waals surface area (Å²) >= 11 is 5.68. The highest BCUT2D eigenvalue weighted by Crippen LogP contribution is 2.14. The van der Waals surface area contributed by atoms with E-state index in [9.17, 15) is 13.2 Å². The molecular formula is C12H11ClN2O4S. The number of hydrogen-bond donors (Lipinski definition) is 1. The van der Waals surface area contributed by atoms with Crippen molar-refractivity contribution in [3.63, 3.8) is 0 Å². The fourth-order valence-electron chi connectivity index (χ4n) is 1.61. The quantitative estimate of drug-likeness (QED) is 0.907. The maximum absolute atomic E-state index is 12.1. The Hall–Kier alpha value is -1.86. The van der Waals surface area contributed by atoms with Crippen LogP contribution >= 0.6 is 11.6 Å². The largest absolute Gasteiger partial charge is 0.478 e. The first-order valence-corrected chi connectivity index (χ1v) is 7.65. The van der Waals surface area contributed by atoms with Gasteiger partial charge in [0.15, 0.2) is 9.84 Å². The third kappa shape index (κ3) is 3.37. The zero-order chi connectivity index (χ0) is 14.8. The average molecular weight is 315 g/mol. The van der Waals surface area contributed by atoms with E-state index in [4.69, 9.17) is 16.7 Å². The van der Waals surface area contributed by atoms with Gasteiger partial charge in [-0.05, 0) is 18.2 Å². The Morgan fingerprint density at radius 1 is 1.40 bits per heavy atom. The number of carbonyl (C=O) groups is 1. The molecule has 1 heterocycles. The summed E-state index contributed by atoms with van der Waals surface area (Å²) in [7, 11) is -3.57. The van der Waals surface area contributed by atoms with Gasteiger partial charge in [0.1, 0.15) is 0 Å². The predicted octanol–water partition coefficient (Wildman–Crippen LogP) is 1.71. The minimum Gasteiger partial charge on any atom is -0.478 e. The molecule has 0 aliphatic heterocycles. The lowest BCUT2D eigenvalue weighted by atomic mass is 10.2. The van der Waals surface area contributed by atoms with Crippen molar-refractivity contribution in [2.24, 2.45) is 0 Å². The minimum atomic E-state index is -3.57. The van der Waals surface area contributed by atoms with Crippen molar-refractivity contribution in [1.29, 1.82) is 0 Å². The Morgan fingerprint density at radius 3 is 2.75 bits per heavy atom. The molecule has 1 aromatic carbocycles. The molecule has 0 fully saturated rings. The third-order valence-electron chi connectivity index (χ3n) is 2.63. The van der Waals surface area contributed by atoms with Crippen molar-refractivity contribution in [2.45, 2.75) is 11.4 Å². The molecule has 0 spiro atoms. The second-order valence-electron chi connectivity index (χ2n) is 4.07. The van der Waals surface area contributed by atoms with Crippen LogP contribution in [-0.4, -0.2) is 35.0 Å². The minimum absolute atomic E-state index is 0.0179. The highest BCUT2D eigenvalue weighted by Gasteiger charge is 2.16. The first kappa shape index (κ1) is 14.5. The summed E-state index contributed by atoms with van der Waals surface area (Å²) < 4.78 is 25.7. The number of aromatic nitrogens is 2. The molecule has 1 N–H and O–H groups in total. The summed E-state index contributed by atoms with van der Waals surface area (Å²) in [5, 5.41) is 13.2. The second kappa shape index (κ2) is 5.64. The molecule has 8 heteroatoms. The Bertz CT molecular complexity index is 739. The van der Waals surface area contributed by atoms with Crippen LogP contribution in [0.2, 0.25) is 5.02 Å². The smallest absolute Gasteiger partial charge is 0.335 e. The standard InChI is InChI=1S/C12H11ClN2O4S/c13-10-7-14-15(8-10)4-5-20(18,19)11-3-1-2-9(6-11)12(16)17/h1-3,6-8H,4-5H2,(H,16,17). The monoisotopic (exact) mass is 314 g/mol. The second-order valence-corrected chi connectivity index (χ2v) is 6.62. The van der Waals surface area contributed by atoms with E-state index in [2.05, 4.69) is 5.10 Å². The third-order valence-corrected chi connectivity index (χ3v) is 4.52. The summed E-state index contributed by atoms with van der Waals surface area (Å²) in [6.07, 6.45) is 2.93. The number of aryl methyl sites for hydroxylation is 1. The van der Waals surface area contributed by atoms with Gasteiger partial charge in [-0.1, -0.05) is 17.7 Å². The molecule has 0 saturated carbocycles. The van der Waals surface area contributed by atoms with Gasteiger partial charge in [-0.2, -0.15) is 5.10 Å². The summed E-state index contributed by atoms with van der Waals surface area (Å²) in [5.74, 6) is -1.35. The van der Waals surface area contributed by atoms with Crippen LogP contribution in [0, 0.1) is 0 Å². The molecule has 0 aliphatic rings. The van der Waals surface area contributed by atoms with E-state index >= 15 is 0 Å². The van der Waals surface area contributed by atoms with E-state index in [1.54, 1.807) is 0 Å². The van der Waals surface area contributed by atoms with Gasteiger partial charge in [0.05, 0.1) is 34.0 Å². The Labute approximate surface area is 120 Å². The van der Waals surface area contributed by atoms with Gasteiger partial charge < -0.3 is 5.11 Å². The maximum atomic E-state index is 12.1. The van der Waals surface area contributed by atoms with Gasteiger partial charge in [0.25, 0.3) is 0 Å². The fraction of sp³-hybridized carbons (Fsp3) is 0.167. The molecule has 0 saturated heterocycles. The molecule has 2 rings (SSSR count). The molecule has 106 valence electrons. The number of benzene rings is 1. The van der Waals surface area contributed by atoms with Crippen LogP contribution in [0.4, 0.5) is 0 Å². The molecule has 20 heavy (non-hydrogen) atoms. The van der Waals surface area contributed by atoms with Crippen LogP contribution in [0.1, 0.15) is 10.4 Å². The number of aromatic carboxylic acids is 1. The van der Waals surface area contributed by atoms with Crippen LogP contribution in [0.25, 0.3) is 0 Å². The summed E-state index contributed by atoms with van der Waals surface area (Å²) in [4.78, 5) is 10.8. The van der Waals surface area contributed by atoms with Crippen molar-refractivity contribution < 1.29 is 18.3 Å². The number of nitrogens with zero attached hydrogens (tertiary/aromatic N) is 2. The number of halogens is 1. The fourth-order valence-corrected chi connectivity index (χ4v) is 3.03. The van der Waals surface area contributed by atoms with Gasteiger partial charge in [0, 0.05) is 6.20 Å². The first-order valence-electron chi connectivity index (χ1n) is 5.62. The Balaban J connectivity index is 2.17. The zero-order valence-corrected chi connectivity index (χ0v) is 11.8. The van der Waals surface area contributed by atoms with Gasteiger partial charge in [-0.15, -0.1) is 0 Å². The topological polar surface area (TPSA) is 89.3 Å². The highest BCUT2D eigenvalue weighted by molar-refractivity contribution is 7.91. The number of carboxylic acids is 1. The van der Waals surface area contributed by atoms with Crippen LogP contribution in [0.5, 0.6) is 0 Å². The number of rotatable bonds is 5. The summed E-state index contributed by atoms with van der Waals surface area (Å²) in [6.45, 7) is 0.145. The van der Waals surface area contributed by atoms with Gasteiger partial charge in [0.2, 0.25) is 0 Å². The van der Waals surface area contributed by atoms with Crippen molar-refractivity contribution in [1.82, 2.24) is 9.78 Å². The SMILES string of the molecule is O=C(O)c1cccc(S(=O)(=O)CCn2cc(Cl)cn2)c1. The normalized spacial score (nSPS) is 11.4. The molecule has 0 amide bonds. The molecule has 0 radical (unpaired) electrons. The Kier molecular flexibility index (Phi) is 4.10. The van der Waals surface area contributed by atoms with Gasteiger partial charge in [-0.25, -0.2) is 13.2 Å². The van der Waals surface area contributed by atoms with Crippen molar-refractivity contribution >= 4 is 27.4 Å². The molecule has 2 aromatic rings. The summed E-state index contributed by atoms with van der Waals surface area (Å²) in [6, 6.07) is 5.27. The highest BCUT2D eigenvalue weighted by atomic mass is 35.5. The molecule has 0 atom stereocenters. The molecule has 0 bridgehead atoms. The molecule has 6 nitrogen and oxygen atoms in total. The van der Waals surface area contributed by atoms with E-state index in [1.807, 2.05) is 0 Å². The molecule has 0 aliphatic carbocycles. The van der Waals surface area contributed by atoms with E-state index in [0.717, 1.165) is 6.07 Å². The van der Waals surface area contributed by atoms with Crippen LogP contribution in [0.3, 0.4) is 0 Å². The van der Waals surface area contributed by atoms with E-state index in [-0.39, 0.29) is 22.8 Å². The van der Waals surface area contributed by atoms with E-state index in [0.29, 0.717) is 5.02 Å². The van der Waals surface area contributed by atoms with Gasteiger partial charge >= 0.3 is 5.97 Å². The lowest BCUT2D eigenvalue weighted by Gasteiger charge is -2.05. The number of sulfone groups is 1. The lowest BCUT2D eigenvalue weighted by molar-refractivity contribution is 0.0696. The van der Waals surface area contributed by atoms with Crippen LogP contribution in [-0.2, 0) is 16.4 Å². The first-order chi connectivity index (χ1) is 9.38. The lowest BCUT2D eigenvalue weighted by Crippen LogP contribution is -2.14. The number of carboxylic acid groups (broad SMARTS) is 1. The maximum Gasteiger partial charge on any atom is 0.335 e. The predicted molar refractivity (Wildman–Crippen MR) is 72.7 cm³/mol. The molecule has 0 unspecified atom stereocenters. The zero-order valence-electron chi connectivity index (χ0n) is 10.2. The van der Waals surface area contributed by atoms with Crippen LogP contribution < -0.4 is 0 Å². The van der Waals surface area contributed by atoms with Gasteiger partial charge in [-0.3, -0.25) is 4.68 Å². The van der Waals surface area contributed by atoms with Crippen molar-refractivity contribution in [2.75, 3.05) is 5.75 Å². The number of hydrogen-bond acceptors (Lipinski definition) is 4.